The fourth-order valence-electron chi connectivity index (χ4n) is 3.26. The second-order valence-corrected chi connectivity index (χ2v) is 7.19. The summed E-state index contributed by atoms with van der Waals surface area (Å²) in [7, 11) is 0. The number of fused-ring (bicyclic) bond motifs is 1. The number of nitrogens with one attached hydrogen (secondary N) is 2. The molecule has 0 atom stereocenters. The highest BCUT2D eigenvalue weighted by molar-refractivity contribution is 6.05. The van der Waals surface area contributed by atoms with Crippen LogP contribution in [0.2, 0.25) is 0 Å². The van der Waals surface area contributed by atoms with E-state index >= 15 is 0 Å². The highest BCUT2D eigenvalue weighted by atomic mass is 16.5. The molecule has 2 aromatic carbocycles. The molecule has 2 N–H and O–H groups in total. The molecule has 2 aromatic heterocycles. The van der Waals surface area contributed by atoms with Crippen LogP contribution in [0.5, 0.6) is 0 Å². The molecule has 0 unspecified atom stereocenters. The number of nitrogens with zero attached hydrogens (tertiary/aromatic N) is 2. The number of para-hydroxylation sites is 1. The zero-order valence-electron chi connectivity index (χ0n) is 17.7. The minimum absolute atomic E-state index is 0.186. The number of hydrogen-bond acceptors (Lipinski definition) is 6. The minimum atomic E-state index is -0.625. The number of aromatic nitrogens is 2. The monoisotopic (exact) mass is 440 g/mol. The number of carbonyl (C=O) groups excluding carboxylic acids is 3. The predicted octanol–water partition coefficient (Wildman–Crippen LogP) is 4.05. The van der Waals surface area contributed by atoms with Crippen LogP contribution in [0, 0.1) is 0 Å². The first kappa shape index (κ1) is 21.6. The maximum absolute atomic E-state index is 12.9. The Morgan fingerprint density at radius 1 is 0.879 bits per heavy atom. The van der Waals surface area contributed by atoms with E-state index in [1.54, 1.807) is 60.9 Å². The van der Waals surface area contributed by atoms with E-state index in [1.165, 1.54) is 6.92 Å². The SMILES string of the molecule is CC(=O)Nc1ccc(NC(=O)COC(=O)c2cc(-c3ccncc3)nc3ccccc23)cc1. The topological polar surface area (TPSA) is 110 Å². The largest absolute Gasteiger partial charge is 0.452 e. The van der Waals surface area contributed by atoms with Crippen LogP contribution in [-0.4, -0.2) is 34.4 Å². The van der Waals surface area contributed by atoms with Crippen molar-refractivity contribution in [3.63, 3.8) is 0 Å². The van der Waals surface area contributed by atoms with Crippen LogP contribution in [0.15, 0.2) is 79.1 Å². The number of hydrogen-bond donors (Lipinski definition) is 2. The molecule has 4 aromatic rings. The third kappa shape index (κ3) is 5.37. The molecule has 0 aliphatic heterocycles. The number of amides is 2. The van der Waals surface area contributed by atoms with Crippen LogP contribution in [0.25, 0.3) is 22.2 Å². The van der Waals surface area contributed by atoms with Crippen LogP contribution in [0.1, 0.15) is 17.3 Å². The highest BCUT2D eigenvalue weighted by Gasteiger charge is 2.16. The molecule has 0 aliphatic rings. The minimum Gasteiger partial charge on any atom is -0.452 e. The first-order chi connectivity index (χ1) is 16.0. The van der Waals surface area contributed by atoms with Gasteiger partial charge in [-0.15, -0.1) is 0 Å². The maximum atomic E-state index is 12.9. The fraction of sp³-hybridized carbons (Fsp3) is 0.0800. The van der Waals surface area contributed by atoms with Crippen LogP contribution < -0.4 is 10.6 Å². The first-order valence-corrected chi connectivity index (χ1v) is 10.1. The number of anilines is 2. The standard InChI is InChI=1S/C25H20N4O4/c1-16(30)27-18-6-8-19(9-7-18)28-24(31)15-33-25(32)21-14-23(17-10-12-26-13-11-17)29-22-5-3-2-4-20(21)22/h2-14H,15H2,1H3,(H,27,30)(H,28,31). The molecule has 2 amide bonds. The van der Waals surface area contributed by atoms with Gasteiger partial charge in [-0.05, 0) is 48.5 Å². The highest BCUT2D eigenvalue weighted by Crippen LogP contribution is 2.25. The predicted molar refractivity (Wildman–Crippen MR) is 125 cm³/mol. The molecule has 4 rings (SSSR count). The Morgan fingerprint density at radius 2 is 1.55 bits per heavy atom. The quantitative estimate of drug-likeness (QED) is 0.438. The lowest BCUT2D eigenvalue weighted by Crippen LogP contribution is -2.21. The molecule has 0 bridgehead atoms. The lowest BCUT2D eigenvalue weighted by Gasteiger charge is -2.11. The van der Waals surface area contributed by atoms with E-state index in [4.69, 9.17) is 4.74 Å². The lowest BCUT2D eigenvalue weighted by atomic mass is 10.0. The van der Waals surface area contributed by atoms with Crippen LogP contribution >= 0.6 is 0 Å². The molecule has 0 spiro atoms. The molecule has 0 aliphatic carbocycles. The summed E-state index contributed by atoms with van der Waals surface area (Å²) in [5, 5.41) is 5.93. The maximum Gasteiger partial charge on any atom is 0.339 e. The van der Waals surface area contributed by atoms with Gasteiger partial charge in [0.1, 0.15) is 0 Å². The van der Waals surface area contributed by atoms with Crippen LogP contribution in [-0.2, 0) is 14.3 Å². The molecular weight excluding hydrogens is 420 g/mol. The second-order valence-electron chi connectivity index (χ2n) is 7.19. The number of rotatable bonds is 6. The fourth-order valence-corrected chi connectivity index (χ4v) is 3.26. The summed E-state index contributed by atoms with van der Waals surface area (Å²) in [6.45, 7) is 0.962. The number of carbonyl (C=O) groups is 3. The number of pyridine rings is 2. The van der Waals surface area contributed by atoms with Gasteiger partial charge in [-0.25, -0.2) is 9.78 Å². The van der Waals surface area contributed by atoms with Gasteiger partial charge in [0.25, 0.3) is 5.91 Å². The molecule has 33 heavy (non-hydrogen) atoms. The van der Waals surface area contributed by atoms with Gasteiger partial charge >= 0.3 is 5.97 Å². The summed E-state index contributed by atoms with van der Waals surface area (Å²) >= 11 is 0. The van der Waals surface area contributed by atoms with Gasteiger partial charge in [-0.1, -0.05) is 18.2 Å². The van der Waals surface area contributed by atoms with Crippen molar-refractivity contribution >= 4 is 40.1 Å². The van der Waals surface area contributed by atoms with E-state index in [1.807, 2.05) is 18.2 Å². The van der Waals surface area contributed by atoms with Crippen molar-refractivity contribution in [3.05, 3.63) is 84.7 Å². The van der Waals surface area contributed by atoms with E-state index in [0.29, 0.717) is 33.5 Å². The zero-order chi connectivity index (χ0) is 23.2. The molecule has 8 heteroatoms. The van der Waals surface area contributed by atoms with Gasteiger partial charge in [0, 0.05) is 41.6 Å². The van der Waals surface area contributed by atoms with Gasteiger partial charge in [0.15, 0.2) is 6.61 Å². The summed E-state index contributed by atoms with van der Waals surface area (Å²) in [6, 6.07) is 19.1. The molecule has 0 saturated carbocycles. The third-order valence-corrected chi connectivity index (χ3v) is 4.74. The van der Waals surface area contributed by atoms with Crippen molar-refractivity contribution < 1.29 is 19.1 Å². The molecule has 2 heterocycles. The Morgan fingerprint density at radius 3 is 2.24 bits per heavy atom. The number of benzene rings is 2. The first-order valence-electron chi connectivity index (χ1n) is 10.1. The smallest absolute Gasteiger partial charge is 0.339 e. The van der Waals surface area contributed by atoms with Gasteiger partial charge in [-0.2, -0.15) is 0 Å². The summed E-state index contributed by atoms with van der Waals surface area (Å²) in [5.74, 6) is -1.29. The Kier molecular flexibility index (Phi) is 6.36. The van der Waals surface area contributed by atoms with Crippen molar-refractivity contribution in [2.45, 2.75) is 6.92 Å². The van der Waals surface area contributed by atoms with Crippen LogP contribution in [0.4, 0.5) is 11.4 Å². The van der Waals surface area contributed by atoms with Crippen molar-refractivity contribution in [2.24, 2.45) is 0 Å². The molecular formula is C25H20N4O4. The Bertz CT molecular complexity index is 1320. The molecule has 0 radical (unpaired) electrons. The molecule has 8 nitrogen and oxygen atoms in total. The van der Waals surface area contributed by atoms with E-state index in [0.717, 1.165) is 5.56 Å². The number of ether oxygens (including phenoxy) is 1. The normalized spacial score (nSPS) is 10.5. The third-order valence-electron chi connectivity index (χ3n) is 4.74. The summed E-state index contributed by atoms with van der Waals surface area (Å²) in [6.07, 6.45) is 3.30. The second kappa shape index (κ2) is 9.69. The molecule has 164 valence electrons. The van der Waals surface area contributed by atoms with Crippen molar-refractivity contribution in [1.29, 1.82) is 0 Å². The molecule has 0 fully saturated rings. The van der Waals surface area contributed by atoms with Crippen molar-refractivity contribution in [3.8, 4) is 11.3 Å². The summed E-state index contributed by atoms with van der Waals surface area (Å²) < 4.78 is 5.29. The van der Waals surface area contributed by atoms with Crippen molar-refractivity contribution in [1.82, 2.24) is 9.97 Å². The average molecular weight is 440 g/mol. The van der Waals surface area contributed by atoms with Gasteiger partial charge in [0.2, 0.25) is 5.91 Å². The van der Waals surface area contributed by atoms with E-state index in [9.17, 15) is 14.4 Å². The lowest BCUT2D eigenvalue weighted by molar-refractivity contribution is -0.119. The van der Waals surface area contributed by atoms with Gasteiger partial charge in [0.05, 0.1) is 16.8 Å². The van der Waals surface area contributed by atoms with Crippen molar-refractivity contribution in [2.75, 3.05) is 17.2 Å². The van der Waals surface area contributed by atoms with E-state index in [2.05, 4.69) is 20.6 Å². The summed E-state index contributed by atoms with van der Waals surface area (Å²) in [4.78, 5) is 44.9. The van der Waals surface area contributed by atoms with Gasteiger partial charge in [-0.3, -0.25) is 14.6 Å². The Labute approximate surface area is 189 Å². The Balaban J connectivity index is 1.47. The zero-order valence-corrected chi connectivity index (χ0v) is 17.7. The molecule has 0 saturated heterocycles. The average Bonchev–Trinajstić information content (AvgIpc) is 2.83. The van der Waals surface area contributed by atoms with E-state index in [-0.39, 0.29) is 5.91 Å². The Hall–Kier alpha value is -4.59. The number of esters is 1. The van der Waals surface area contributed by atoms with E-state index < -0.39 is 18.5 Å². The van der Waals surface area contributed by atoms with Crippen LogP contribution in [0.3, 0.4) is 0 Å². The summed E-state index contributed by atoms with van der Waals surface area (Å²) in [5.41, 5.74) is 3.50. The van der Waals surface area contributed by atoms with Gasteiger partial charge < -0.3 is 15.4 Å².